The number of carbonyl (C=O) groups excluding carboxylic acids is 3. The predicted molar refractivity (Wildman–Crippen MR) is 146 cm³/mol. The van der Waals surface area contributed by atoms with Crippen LogP contribution in [0.1, 0.15) is 53.7 Å². The summed E-state index contributed by atoms with van der Waals surface area (Å²) in [5.41, 5.74) is 2.67. The van der Waals surface area contributed by atoms with Crippen molar-refractivity contribution < 1.29 is 61.4 Å². The van der Waals surface area contributed by atoms with Gasteiger partial charge in [-0.3, -0.25) is 18.6 Å². The van der Waals surface area contributed by atoms with E-state index in [9.17, 15) is 28.9 Å². The molecule has 0 aromatic heterocycles. The molecule has 41 heavy (non-hydrogen) atoms. The minimum Gasteiger partial charge on any atom is -0.507 e. The van der Waals surface area contributed by atoms with Gasteiger partial charge in [0.05, 0.1) is 34.9 Å². The molecule has 2 rings (SSSR count). The number of esters is 3. The van der Waals surface area contributed by atoms with Crippen molar-refractivity contribution in [2.75, 3.05) is 54.6 Å². The molecule has 230 valence electrons. The third-order valence-electron chi connectivity index (χ3n) is 6.24. The van der Waals surface area contributed by atoms with E-state index in [4.69, 9.17) is 28.0 Å². The Morgan fingerprint density at radius 1 is 1.15 bits per heavy atom. The van der Waals surface area contributed by atoms with Gasteiger partial charge in [0.2, 0.25) is 0 Å². The SMILES string of the molecule is COc1c(C)c2c(c(O)c1C/C=C(\C)CCC(=O)O[C@H](COC(C)=O)COP(=O)(O)OCC[N+](C)(C)C)C(=O)OC2. The van der Waals surface area contributed by atoms with Crippen molar-refractivity contribution >= 4 is 25.7 Å². The predicted octanol–water partition coefficient (Wildman–Crippen LogP) is 2.96. The standard InChI is InChI=1S/C27H40NO12P/c1-17(8-10-21-25(31)24-22(16-37-27(24)32)18(2)26(21)35-7)9-11-23(30)40-20(14-36-19(3)29)15-39-41(33,34)38-13-12-28(4,5)6/h8,20H,9-16H2,1-7H3,(H-,31,32,33,34)/p+1/b17-8+/t20-/m1/s1. The van der Waals surface area contributed by atoms with Crippen LogP contribution >= 0.6 is 7.82 Å². The fourth-order valence-corrected chi connectivity index (χ4v) is 4.66. The van der Waals surface area contributed by atoms with Crippen molar-refractivity contribution in [2.45, 2.75) is 52.7 Å². The molecule has 2 N–H and O–H groups in total. The van der Waals surface area contributed by atoms with Gasteiger partial charge in [0, 0.05) is 24.5 Å². The average Bonchev–Trinajstić information content (AvgIpc) is 3.26. The molecule has 1 aromatic rings. The molecule has 2 atom stereocenters. The number of rotatable bonds is 16. The van der Waals surface area contributed by atoms with Gasteiger partial charge in [0.15, 0.2) is 6.10 Å². The smallest absolute Gasteiger partial charge is 0.472 e. The summed E-state index contributed by atoms with van der Waals surface area (Å²) < 4.78 is 43.4. The summed E-state index contributed by atoms with van der Waals surface area (Å²) in [6.07, 6.45) is 1.15. The molecule has 14 heteroatoms. The minimum atomic E-state index is -4.43. The number of fused-ring (bicyclic) bond motifs is 1. The number of allylic oxidation sites excluding steroid dienone is 2. The summed E-state index contributed by atoms with van der Waals surface area (Å²) >= 11 is 0. The maximum Gasteiger partial charge on any atom is 0.472 e. The molecule has 0 spiro atoms. The van der Waals surface area contributed by atoms with E-state index in [-0.39, 0.29) is 44.0 Å². The van der Waals surface area contributed by atoms with Gasteiger partial charge >= 0.3 is 25.7 Å². The van der Waals surface area contributed by atoms with E-state index in [1.54, 1.807) is 19.9 Å². The zero-order valence-corrected chi connectivity index (χ0v) is 25.6. The summed E-state index contributed by atoms with van der Waals surface area (Å²) in [7, 11) is 2.73. The lowest BCUT2D eigenvalue weighted by atomic mass is 9.94. The molecule has 13 nitrogen and oxygen atoms in total. The van der Waals surface area contributed by atoms with E-state index >= 15 is 0 Å². The second-order valence-corrected chi connectivity index (χ2v) is 12.1. The van der Waals surface area contributed by atoms with Crippen LogP contribution < -0.4 is 4.74 Å². The molecule has 0 radical (unpaired) electrons. The molecule has 1 aliphatic heterocycles. The van der Waals surface area contributed by atoms with Crippen molar-refractivity contribution in [1.29, 1.82) is 0 Å². The zero-order valence-electron chi connectivity index (χ0n) is 24.7. The topological polar surface area (TPSA) is 164 Å². The molecule has 0 amide bonds. The van der Waals surface area contributed by atoms with E-state index in [0.29, 0.717) is 39.9 Å². The highest BCUT2D eigenvalue weighted by atomic mass is 31.2. The normalized spacial score (nSPS) is 15.5. The summed E-state index contributed by atoms with van der Waals surface area (Å²) in [6.45, 7) is 4.37. The number of aromatic hydroxyl groups is 1. The Bertz CT molecular complexity index is 1200. The number of hydrogen-bond acceptors (Lipinski definition) is 11. The second-order valence-electron chi connectivity index (χ2n) is 10.7. The van der Waals surface area contributed by atoms with E-state index in [0.717, 1.165) is 5.57 Å². The van der Waals surface area contributed by atoms with Crippen LogP contribution in [0, 0.1) is 6.92 Å². The number of phosphoric acid groups is 1. The molecule has 0 saturated carbocycles. The zero-order chi connectivity index (χ0) is 31.0. The van der Waals surface area contributed by atoms with Crippen molar-refractivity contribution in [3.63, 3.8) is 0 Å². The summed E-state index contributed by atoms with van der Waals surface area (Å²) in [5.74, 6) is -1.59. The molecule has 1 aliphatic rings. The number of benzene rings is 1. The fourth-order valence-electron chi connectivity index (χ4n) is 3.92. The first-order chi connectivity index (χ1) is 19.0. The lowest BCUT2D eigenvalue weighted by Gasteiger charge is -2.24. The molecule has 0 fully saturated rings. The fraction of sp³-hybridized carbons (Fsp3) is 0.593. The Hall–Kier alpha value is -2.96. The number of hydrogen-bond donors (Lipinski definition) is 2. The van der Waals surface area contributed by atoms with E-state index < -0.39 is 38.4 Å². The lowest BCUT2D eigenvalue weighted by molar-refractivity contribution is -0.870. The van der Waals surface area contributed by atoms with Gasteiger partial charge in [-0.25, -0.2) is 9.36 Å². The second kappa shape index (κ2) is 14.8. The first-order valence-corrected chi connectivity index (χ1v) is 14.5. The highest BCUT2D eigenvalue weighted by Gasteiger charge is 2.32. The highest BCUT2D eigenvalue weighted by molar-refractivity contribution is 7.47. The number of nitrogens with zero attached hydrogens (tertiary/aromatic N) is 1. The third kappa shape index (κ3) is 10.8. The van der Waals surface area contributed by atoms with Crippen LogP contribution in [0.15, 0.2) is 11.6 Å². The first-order valence-electron chi connectivity index (χ1n) is 13.0. The van der Waals surface area contributed by atoms with Crippen LogP contribution in [-0.2, 0) is 50.4 Å². The molecule has 1 aromatic carbocycles. The first kappa shape index (κ1) is 34.2. The Morgan fingerprint density at radius 2 is 1.83 bits per heavy atom. The van der Waals surface area contributed by atoms with Crippen LogP contribution in [0.3, 0.4) is 0 Å². The number of quaternary nitrogens is 1. The monoisotopic (exact) mass is 602 g/mol. The highest BCUT2D eigenvalue weighted by Crippen LogP contribution is 2.43. The number of cyclic esters (lactones) is 1. The minimum absolute atomic E-state index is 0.0317. The van der Waals surface area contributed by atoms with Gasteiger partial charge in [0.1, 0.15) is 43.4 Å². The largest absolute Gasteiger partial charge is 0.507 e. The Balaban J connectivity index is 1.98. The van der Waals surface area contributed by atoms with E-state index in [1.807, 2.05) is 21.1 Å². The van der Waals surface area contributed by atoms with Crippen LogP contribution in [0.2, 0.25) is 0 Å². The quantitative estimate of drug-likeness (QED) is 0.0936. The van der Waals surface area contributed by atoms with Gasteiger partial charge in [-0.15, -0.1) is 0 Å². The van der Waals surface area contributed by atoms with Gasteiger partial charge in [-0.2, -0.15) is 0 Å². The number of methoxy groups -OCH3 is 1. The number of carbonyl (C=O) groups is 3. The van der Waals surface area contributed by atoms with E-state index in [2.05, 4.69) is 0 Å². The Morgan fingerprint density at radius 3 is 2.44 bits per heavy atom. The number of ether oxygens (including phenoxy) is 4. The van der Waals surface area contributed by atoms with Crippen molar-refractivity contribution in [3.8, 4) is 11.5 Å². The van der Waals surface area contributed by atoms with Crippen LogP contribution in [0.4, 0.5) is 0 Å². The van der Waals surface area contributed by atoms with Crippen LogP contribution in [0.5, 0.6) is 11.5 Å². The van der Waals surface area contributed by atoms with Crippen molar-refractivity contribution in [3.05, 3.63) is 33.9 Å². The maximum absolute atomic E-state index is 12.5. The van der Waals surface area contributed by atoms with E-state index in [1.165, 1.54) is 14.0 Å². The molecule has 1 heterocycles. The van der Waals surface area contributed by atoms with Gasteiger partial charge in [-0.05, 0) is 32.3 Å². The number of likely N-dealkylation sites (N-methyl/N-ethyl adjacent to an activating group) is 1. The summed E-state index contributed by atoms with van der Waals surface area (Å²) in [5, 5.41) is 10.7. The van der Waals surface area contributed by atoms with Crippen molar-refractivity contribution in [1.82, 2.24) is 0 Å². The Kier molecular flexibility index (Phi) is 12.3. The molecule has 0 bridgehead atoms. The molecule has 0 aliphatic carbocycles. The lowest BCUT2D eigenvalue weighted by Crippen LogP contribution is -2.37. The number of phenolic OH excluding ortho intramolecular Hbond substituents is 1. The van der Waals surface area contributed by atoms with Gasteiger partial charge in [-0.1, -0.05) is 11.6 Å². The molecule has 0 saturated heterocycles. The molecular formula is C27H41NO12P+. The van der Waals surface area contributed by atoms with Crippen molar-refractivity contribution in [2.24, 2.45) is 0 Å². The Labute approximate surface area is 240 Å². The third-order valence-corrected chi connectivity index (χ3v) is 7.22. The summed E-state index contributed by atoms with van der Waals surface area (Å²) in [6, 6.07) is 0. The average molecular weight is 603 g/mol. The van der Waals surface area contributed by atoms with Gasteiger partial charge < -0.3 is 33.4 Å². The number of phenols is 1. The van der Waals surface area contributed by atoms with Crippen LogP contribution in [-0.4, -0.2) is 93.1 Å². The summed E-state index contributed by atoms with van der Waals surface area (Å²) in [4.78, 5) is 45.8. The maximum atomic E-state index is 12.5. The number of phosphoric ester groups is 1. The molecule has 1 unspecified atom stereocenters. The van der Waals surface area contributed by atoms with Crippen LogP contribution in [0.25, 0.3) is 0 Å². The van der Waals surface area contributed by atoms with Gasteiger partial charge in [0.25, 0.3) is 0 Å². The molecular weight excluding hydrogens is 561 g/mol.